The molecule has 0 amide bonds. The largest absolute Gasteiger partial charge is 0.445 e. The molecule has 2 aromatic rings. The van der Waals surface area contributed by atoms with E-state index in [1.807, 2.05) is 24.3 Å². The highest BCUT2D eigenvalue weighted by atomic mass is 16.6. The third-order valence-electron chi connectivity index (χ3n) is 4.30. The zero-order valence-electron chi connectivity index (χ0n) is 14.1. The summed E-state index contributed by atoms with van der Waals surface area (Å²) in [5.74, 6) is -0.223. The second kappa shape index (κ2) is 8.08. The molecule has 1 atom stereocenters. The van der Waals surface area contributed by atoms with E-state index in [4.69, 9.17) is 4.74 Å². The van der Waals surface area contributed by atoms with Crippen LogP contribution in [0.5, 0.6) is 0 Å². The van der Waals surface area contributed by atoms with Crippen molar-refractivity contribution in [1.29, 1.82) is 0 Å². The first-order chi connectivity index (χ1) is 11.7. The van der Waals surface area contributed by atoms with Crippen LogP contribution in [0, 0.1) is 0 Å². The second-order valence-electron chi connectivity index (χ2n) is 6.24. The Morgan fingerprint density at radius 3 is 2.12 bits per heavy atom. The lowest BCUT2D eigenvalue weighted by Crippen LogP contribution is -2.53. The third-order valence-corrected chi connectivity index (χ3v) is 4.30. The zero-order valence-corrected chi connectivity index (χ0v) is 14.1. The van der Waals surface area contributed by atoms with Crippen molar-refractivity contribution < 1.29 is 9.53 Å². The number of carbonyl (C=O) groups excluding carboxylic acids is 1. The van der Waals surface area contributed by atoms with Crippen molar-refractivity contribution in [2.24, 2.45) is 0 Å². The molecule has 1 saturated heterocycles. The summed E-state index contributed by atoms with van der Waals surface area (Å²) >= 11 is 0. The number of esters is 1. The summed E-state index contributed by atoms with van der Waals surface area (Å²) in [4.78, 5) is 16.1. The average Bonchev–Trinajstić information content (AvgIpc) is 2.59. The van der Waals surface area contributed by atoms with Gasteiger partial charge in [0.2, 0.25) is 0 Å². The minimum atomic E-state index is -0.223. The van der Waals surface area contributed by atoms with Crippen molar-refractivity contribution in [3.05, 3.63) is 71.8 Å². The molecule has 1 heterocycles. The minimum absolute atomic E-state index is 0.194. The van der Waals surface area contributed by atoms with E-state index in [1.165, 1.54) is 18.1 Å². The smallest absolute Gasteiger partial charge is 0.304 e. The minimum Gasteiger partial charge on any atom is -0.445 e. The van der Waals surface area contributed by atoms with Crippen LogP contribution < -0.4 is 0 Å². The average molecular weight is 324 g/mol. The van der Waals surface area contributed by atoms with Gasteiger partial charge in [0.15, 0.2) is 6.23 Å². The maximum atomic E-state index is 11.5. The van der Waals surface area contributed by atoms with Gasteiger partial charge in [-0.2, -0.15) is 0 Å². The van der Waals surface area contributed by atoms with Crippen LogP contribution in [0.4, 0.5) is 0 Å². The van der Waals surface area contributed by atoms with E-state index in [-0.39, 0.29) is 12.2 Å². The van der Waals surface area contributed by atoms with Crippen LogP contribution in [0.3, 0.4) is 0 Å². The topological polar surface area (TPSA) is 32.8 Å². The molecule has 0 N–H and O–H groups in total. The molecule has 0 aliphatic carbocycles. The standard InChI is InChI=1S/C20H24N2O2/c1-17(23)24-20-16-21(14-18-8-4-2-5-9-18)12-13-22(20)15-19-10-6-3-7-11-19/h2-11,20H,12-16H2,1H3. The van der Waals surface area contributed by atoms with Crippen LogP contribution in [-0.4, -0.2) is 41.6 Å². The van der Waals surface area contributed by atoms with Gasteiger partial charge in [0.1, 0.15) is 0 Å². The van der Waals surface area contributed by atoms with E-state index < -0.39 is 0 Å². The lowest BCUT2D eigenvalue weighted by molar-refractivity contribution is -0.164. The first kappa shape index (κ1) is 16.7. The lowest BCUT2D eigenvalue weighted by atomic mass is 10.1. The van der Waals surface area contributed by atoms with Crippen LogP contribution >= 0.6 is 0 Å². The molecule has 0 bridgehead atoms. The number of benzene rings is 2. The van der Waals surface area contributed by atoms with Gasteiger partial charge in [0.25, 0.3) is 0 Å². The molecule has 4 nitrogen and oxygen atoms in total. The van der Waals surface area contributed by atoms with Gasteiger partial charge >= 0.3 is 5.97 Å². The Morgan fingerprint density at radius 2 is 1.54 bits per heavy atom. The summed E-state index contributed by atoms with van der Waals surface area (Å²) in [5, 5.41) is 0. The molecule has 1 aliphatic rings. The molecule has 0 spiro atoms. The number of ether oxygens (including phenoxy) is 1. The van der Waals surface area contributed by atoms with Crippen LogP contribution in [0.15, 0.2) is 60.7 Å². The first-order valence-corrected chi connectivity index (χ1v) is 8.42. The van der Waals surface area contributed by atoms with Gasteiger partial charge in [-0.15, -0.1) is 0 Å². The highest BCUT2D eigenvalue weighted by molar-refractivity contribution is 5.66. The number of hydrogen-bond donors (Lipinski definition) is 0. The Morgan fingerprint density at radius 1 is 0.958 bits per heavy atom. The number of rotatable bonds is 5. The summed E-state index contributed by atoms with van der Waals surface area (Å²) < 4.78 is 5.59. The summed E-state index contributed by atoms with van der Waals surface area (Å²) in [6.07, 6.45) is -0.194. The van der Waals surface area contributed by atoms with Crippen molar-refractivity contribution in [3.8, 4) is 0 Å². The van der Waals surface area contributed by atoms with Crippen LogP contribution in [0.1, 0.15) is 18.1 Å². The summed E-state index contributed by atoms with van der Waals surface area (Å²) in [6, 6.07) is 20.8. The molecule has 3 rings (SSSR count). The molecule has 1 aliphatic heterocycles. The SMILES string of the molecule is CC(=O)OC1CN(Cc2ccccc2)CCN1Cc1ccccc1. The van der Waals surface area contributed by atoms with Crippen molar-refractivity contribution >= 4 is 5.97 Å². The molecule has 0 aromatic heterocycles. The predicted molar refractivity (Wildman–Crippen MR) is 94.1 cm³/mol. The fraction of sp³-hybridized carbons (Fsp3) is 0.350. The van der Waals surface area contributed by atoms with Crippen LogP contribution in [0.2, 0.25) is 0 Å². The highest BCUT2D eigenvalue weighted by Gasteiger charge is 2.29. The molecular weight excluding hydrogens is 300 g/mol. The van der Waals surface area contributed by atoms with Crippen molar-refractivity contribution in [2.75, 3.05) is 19.6 Å². The van der Waals surface area contributed by atoms with E-state index in [1.54, 1.807) is 0 Å². The van der Waals surface area contributed by atoms with E-state index >= 15 is 0 Å². The molecule has 1 fully saturated rings. The van der Waals surface area contributed by atoms with E-state index in [9.17, 15) is 4.79 Å². The molecule has 0 saturated carbocycles. The second-order valence-corrected chi connectivity index (χ2v) is 6.24. The van der Waals surface area contributed by atoms with Gasteiger partial charge in [-0.1, -0.05) is 60.7 Å². The lowest BCUT2D eigenvalue weighted by Gasteiger charge is -2.40. The predicted octanol–water partition coefficient (Wildman–Crippen LogP) is 2.89. The van der Waals surface area contributed by atoms with E-state index in [2.05, 4.69) is 46.2 Å². The number of carbonyl (C=O) groups is 1. The fourth-order valence-corrected chi connectivity index (χ4v) is 3.13. The van der Waals surface area contributed by atoms with Gasteiger partial charge in [0, 0.05) is 39.6 Å². The van der Waals surface area contributed by atoms with Gasteiger partial charge in [-0.05, 0) is 11.1 Å². The Kier molecular flexibility index (Phi) is 5.62. The fourth-order valence-electron chi connectivity index (χ4n) is 3.13. The van der Waals surface area contributed by atoms with Crippen molar-refractivity contribution in [2.45, 2.75) is 26.2 Å². The monoisotopic (exact) mass is 324 g/mol. The van der Waals surface area contributed by atoms with Gasteiger partial charge in [-0.3, -0.25) is 14.6 Å². The zero-order chi connectivity index (χ0) is 16.8. The normalized spacial score (nSPS) is 19.1. The van der Waals surface area contributed by atoms with Gasteiger partial charge < -0.3 is 4.74 Å². The summed E-state index contributed by atoms with van der Waals surface area (Å²) in [6.45, 7) is 5.77. The van der Waals surface area contributed by atoms with Crippen molar-refractivity contribution in [3.63, 3.8) is 0 Å². The molecular formula is C20H24N2O2. The third kappa shape index (κ3) is 4.66. The van der Waals surface area contributed by atoms with Gasteiger partial charge in [0.05, 0.1) is 0 Å². The van der Waals surface area contributed by atoms with Crippen LogP contribution in [0.25, 0.3) is 0 Å². The maximum absolute atomic E-state index is 11.5. The van der Waals surface area contributed by atoms with Gasteiger partial charge in [-0.25, -0.2) is 0 Å². The highest BCUT2D eigenvalue weighted by Crippen LogP contribution is 2.17. The first-order valence-electron chi connectivity index (χ1n) is 8.42. The van der Waals surface area contributed by atoms with Crippen LogP contribution in [-0.2, 0) is 22.6 Å². The molecule has 24 heavy (non-hydrogen) atoms. The number of piperazine rings is 1. The quantitative estimate of drug-likeness (QED) is 0.792. The Bertz CT molecular complexity index is 645. The van der Waals surface area contributed by atoms with Crippen molar-refractivity contribution in [1.82, 2.24) is 9.80 Å². The Balaban J connectivity index is 1.65. The summed E-state index contributed by atoms with van der Waals surface area (Å²) in [7, 11) is 0. The Labute approximate surface area is 143 Å². The summed E-state index contributed by atoms with van der Waals surface area (Å²) in [5.41, 5.74) is 2.53. The maximum Gasteiger partial charge on any atom is 0.304 e. The van der Waals surface area contributed by atoms with E-state index in [0.717, 1.165) is 32.7 Å². The molecule has 2 aromatic carbocycles. The molecule has 1 unspecified atom stereocenters. The molecule has 0 radical (unpaired) electrons. The Hall–Kier alpha value is -2.17. The number of hydrogen-bond acceptors (Lipinski definition) is 4. The molecule has 4 heteroatoms. The molecule has 126 valence electrons. The van der Waals surface area contributed by atoms with E-state index in [0.29, 0.717) is 0 Å². The number of nitrogens with zero attached hydrogens (tertiary/aromatic N) is 2.